The van der Waals surface area contributed by atoms with Crippen molar-refractivity contribution in [3.8, 4) is 11.1 Å². The molecule has 3 aromatic carbocycles. The van der Waals surface area contributed by atoms with Crippen LogP contribution in [0.3, 0.4) is 0 Å². The standard InChI is InChI=1S/C38H47ClN3O5P/c1-25(2)20-27(37(44)46-22-26-15-17-28(39)18-16-26)21-35(43)34(14-9-19-41-36(40)24-48(3)4)42-38(45)47-23-33-31-12-7-5-10-29(31)30-11-6-8-13-32(30)33/h5-8,10-13,15-18,25,27,33-34H,9,14,19-24H2,1-4H3,(H2,40,41)(H,42,45)/t27-,34-/m1/s1. The summed E-state index contributed by atoms with van der Waals surface area (Å²) in [5.74, 6) is -0.708. The number of esters is 1. The van der Waals surface area contributed by atoms with Crippen molar-refractivity contribution in [3.05, 3.63) is 94.5 Å². The van der Waals surface area contributed by atoms with Crippen LogP contribution in [0.5, 0.6) is 0 Å². The number of halogens is 1. The van der Waals surface area contributed by atoms with Gasteiger partial charge in [-0.25, -0.2) is 4.79 Å². The average Bonchev–Trinajstić information content (AvgIpc) is 3.37. The number of amidine groups is 1. The zero-order chi connectivity index (χ0) is 34.6. The number of nitrogens with one attached hydrogen (secondary N) is 1. The summed E-state index contributed by atoms with van der Waals surface area (Å²) in [5, 5.41) is 3.41. The fraction of sp³-hybridized carbons (Fsp3) is 0.421. The monoisotopic (exact) mass is 691 g/mol. The molecule has 1 amide bonds. The molecule has 0 heterocycles. The Morgan fingerprint density at radius 3 is 2.17 bits per heavy atom. The summed E-state index contributed by atoms with van der Waals surface area (Å²) in [5.41, 5.74) is 11.3. The molecule has 0 fully saturated rings. The van der Waals surface area contributed by atoms with Crippen molar-refractivity contribution in [1.29, 1.82) is 0 Å². The molecular formula is C38H47ClN3O5P. The first-order chi connectivity index (χ1) is 23.0. The first-order valence-electron chi connectivity index (χ1n) is 16.5. The number of aliphatic imine (C=N–C) groups is 1. The lowest BCUT2D eigenvalue weighted by Gasteiger charge is -2.22. The fourth-order valence-electron chi connectivity index (χ4n) is 6.06. The highest BCUT2D eigenvalue weighted by atomic mass is 35.5. The van der Waals surface area contributed by atoms with E-state index in [9.17, 15) is 14.4 Å². The summed E-state index contributed by atoms with van der Waals surface area (Å²) in [6, 6.07) is 22.5. The van der Waals surface area contributed by atoms with Crippen LogP contribution < -0.4 is 11.1 Å². The maximum Gasteiger partial charge on any atom is 0.407 e. The summed E-state index contributed by atoms with van der Waals surface area (Å²) in [4.78, 5) is 44.7. The summed E-state index contributed by atoms with van der Waals surface area (Å²) in [6.45, 7) is 8.92. The molecule has 0 spiro atoms. The van der Waals surface area contributed by atoms with E-state index < -0.39 is 24.0 Å². The first kappa shape index (κ1) is 37.1. The lowest BCUT2D eigenvalue weighted by Crippen LogP contribution is -2.43. The predicted octanol–water partition coefficient (Wildman–Crippen LogP) is 7.79. The molecule has 3 N–H and O–H groups in total. The molecule has 0 bridgehead atoms. The predicted molar refractivity (Wildman–Crippen MR) is 195 cm³/mol. The third-order valence-corrected chi connectivity index (χ3v) is 9.51. The molecule has 0 saturated heterocycles. The van der Waals surface area contributed by atoms with Crippen molar-refractivity contribution in [3.63, 3.8) is 0 Å². The third kappa shape index (κ3) is 10.9. The molecule has 4 rings (SSSR count). The first-order valence-corrected chi connectivity index (χ1v) is 19.3. The molecule has 256 valence electrons. The number of amides is 1. The van der Waals surface area contributed by atoms with E-state index >= 15 is 0 Å². The second kappa shape index (κ2) is 18.1. The number of ether oxygens (including phenoxy) is 2. The van der Waals surface area contributed by atoms with Crippen LogP contribution >= 0.6 is 19.5 Å². The molecule has 10 heteroatoms. The molecule has 0 saturated carbocycles. The van der Waals surface area contributed by atoms with Crippen LogP contribution in [0.1, 0.15) is 62.1 Å². The topological polar surface area (TPSA) is 120 Å². The smallest absolute Gasteiger partial charge is 0.407 e. The van der Waals surface area contributed by atoms with Crippen LogP contribution in [0, 0.1) is 11.8 Å². The van der Waals surface area contributed by atoms with Crippen LogP contribution in [0.2, 0.25) is 5.02 Å². The van der Waals surface area contributed by atoms with E-state index in [0.717, 1.165) is 34.0 Å². The van der Waals surface area contributed by atoms with Gasteiger partial charge in [0.15, 0.2) is 5.78 Å². The van der Waals surface area contributed by atoms with E-state index in [4.69, 9.17) is 26.8 Å². The maximum atomic E-state index is 13.8. The minimum Gasteiger partial charge on any atom is -0.461 e. The molecule has 0 aliphatic heterocycles. The van der Waals surface area contributed by atoms with Gasteiger partial charge in [-0.15, -0.1) is 7.92 Å². The van der Waals surface area contributed by atoms with Gasteiger partial charge in [-0.3, -0.25) is 14.6 Å². The van der Waals surface area contributed by atoms with Gasteiger partial charge < -0.3 is 20.5 Å². The normalized spacial score (nSPS) is 13.9. The summed E-state index contributed by atoms with van der Waals surface area (Å²) < 4.78 is 11.4. The van der Waals surface area contributed by atoms with E-state index in [0.29, 0.717) is 36.7 Å². The Morgan fingerprint density at radius 2 is 1.56 bits per heavy atom. The summed E-state index contributed by atoms with van der Waals surface area (Å²) in [6.07, 6.45) is 1.36. The summed E-state index contributed by atoms with van der Waals surface area (Å²) in [7, 11) is -0.213. The minimum absolute atomic E-state index is 0.0622. The Bertz CT molecular complexity index is 1530. The van der Waals surface area contributed by atoms with Crippen molar-refractivity contribution in [2.24, 2.45) is 22.6 Å². The Kier molecular flexibility index (Phi) is 14.0. The van der Waals surface area contributed by atoms with Crippen LogP contribution in [-0.2, 0) is 25.7 Å². The lowest BCUT2D eigenvalue weighted by molar-refractivity contribution is -0.152. The van der Waals surface area contributed by atoms with E-state index in [1.807, 2.05) is 38.1 Å². The van der Waals surface area contributed by atoms with Crippen molar-refractivity contribution in [1.82, 2.24) is 5.32 Å². The molecule has 48 heavy (non-hydrogen) atoms. The molecule has 8 nitrogen and oxygen atoms in total. The number of nitrogens with zero attached hydrogens (tertiary/aromatic N) is 1. The van der Waals surface area contributed by atoms with Crippen molar-refractivity contribution < 1.29 is 23.9 Å². The van der Waals surface area contributed by atoms with Gasteiger partial charge in [0.1, 0.15) is 13.2 Å². The number of fused-ring (bicyclic) bond motifs is 3. The highest BCUT2D eigenvalue weighted by Crippen LogP contribution is 2.44. The van der Waals surface area contributed by atoms with Crippen molar-refractivity contribution >= 4 is 43.2 Å². The number of alkyl carbamates (subject to hydrolysis) is 1. The minimum atomic E-state index is -0.856. The van der Waals surface area contributed by atoms with Gasteiger partial charge >= 0.3 is 12.1 Å². The van der Waals surface area contributed by atoms with Gasteiger partial charge in [-0.1, -0.05) is 86.1 Å². The maximum absolute atomic E-state index is 13.8. The molecule has 0 radical (unpaired) electrons. The van der Waals surface area contributed by atoms with Crippen molar-refractivity contribution in [2.75, 3.05) is 32.6 Å². The molecule has 1 aliphatic rings. The molecule has 3 aromatic rings. The van der Waals surface area contributed by atoms with E-state index in [1.54, 1.807) is 24.3 Å². The number of hydrogen-bond donors (Lipinski definition) is 2. The van der Waals surface area contributed by atoms with Crippen LogP contribution in [-0.4, -0.2) is 62.4 Å². The summed E-state index contributed by atoms with van der Waals surface area (Å²) >= 11 is 5.98. The fourth-order valence-corrected chi connectivity index (χ4v) is 6.93. The molecule has 0 unspecified atom stereocenters. The van der Waals surface area contributed by atoms with Gasteiger partial charge in [-0.2, -0.15) is 0 Å². The Balaban J connectivity index is 1.43. The second-order valence-electron chi connectivity index (χ2n) is 13.0. The Hall–Kier alpha value is -3.74. The van der Waals surface area contributed by atoms with Gasteiger partial charge in [0.2, 0.25) is 0 Å². The zero-order valence-electron chi connectivity index (χ0n) is 28.3. The number of rotatable bonds is 17. The molecule has 0 aromatic heterocycles. The number of hydrogen-bond acceptors (Lipinski definition) is 6. The average molecular weight is 692 g/mol. The number of nitrogens with two attached hydrogens (primary N) is 1. The lowest BCUT2D eigenvalue weighted by atomic mass is 9.89. The quantitative estimate of drug-likeness (QED) is 0.0490. The molecule has 1 aliphatic carbocycles. The Morgan fingerprint density at radius 1 is 0.938 bits per heavy atom. The van der Waals surface area contributed by atoms with Gasteiger partial charge in [0, 0.05) is 30.1 Å². The van der Waals surface area contributed by atoms with E-state index in [2.05, 4.69) is 47.9 Å². The number of carbonyl (C=O) groups is 3. The number of carbonyl (C=O) groups excluding carboxylic acids is 3. The highest BCUT2D eigenvalue weighted by molar-refractivity contribution is 7.57. The van der Waals surface area contributed by atoms with E-state index in [-0.39, 0.29) is 45.2 Å². The van der Waals surface area contributed by atoms with Crippen LogP contribution in [0.15, 0.2) is 77.8 Å². The Labute approximate surface area is 290 Å². The number of Topliss-reactive ketones (excluding diaryl/α,β-unsaturated/α-hetero) is 1. The zero-order valence-corrected chi connectivity index (χ0v) is 29.9. The number of benzene rings is 3. The van der Waals surface area contributed by atoms with Crippen LogP contribution in [0.25, 0.3) is 11.1 Å². The third-order valence-electron chi connectivity index (χ3n) is 8.30. The molecule has 2 atom stereocenters. The van der Waals surface area contributed by atoms with Gasteiger partial charge in [-0.05, 0) is 78.5 Å². The molecular weight excluding hydrogens is 645 g/mol. The number of ketones is 1. The SMILES string of the molecule is CC(C)C[C@H](CC(=O)[C@@H](CCCN=C(N)CP(C)C)NC(=O)OCC1c2ccccc2-c2ccccc21)C(=O)OCc1ccc(Cl)cc1. The van der Waals surface area contributed by atoms with E-state index in [1.165, 1.54) is 0 Å². The van der Waals surface area contributed by atoms with Gasteiger partial charge in [0.25, 0.3) is 0 Å². The van der Waals surface area contributed by atoms with Crippen LogP contribution in [0.4, 0.5) is 4.79 Å². The largest absolute Gasteiger partial charge is 0.461 e. The van der Waals surface area contributed by atoms with Crippen molar-refractivity contribution in [2.45, 2.75) is 58.1 Å². The highest BCUT2D eigenvalue weighted by Gasteiger charge is 2.31. The van der Waals surface area contributed by atoms with Gasteiger partial charge in [0.05, 0.1) is 17.8 Å². The second-order valence-corrected chi connectivity index (χ2v) is 15.9.